The van der Waals surface area contributed by atoms with Gasteiger partial charge >= 0.3 is 0 Å². The van der Waals surface area contributed by atoms with Crippen molar-refractivity contribution in [3.05, 3.63) is 88.9 Å². The zero-order chi connectivity index (χ0) is 23.2. The van der Waals surface area contributed by atoms with Crippen molar-refractivity contribution >= 4 is 51.4 Å². The fraction of sp³-hybridized carbons (Fsp3) is 0.125. The summed E-state index contributed by atoms with van der Waals surface area (Å²) >= 11 is 2.61. The van der Waals surface area contributed by atoms with E-state index in [1.807, 2.05) is 42.5 Å². The zero-order valence-corrected chi connectivity index (χ0v) is 18.9. The topological polar surface area (TPSA) is 71.1 Å². The maximum Gasteiger partial charge on any atom is 0.234 e. The summed E-state index contributed by atoms with van der Waals surface area (Å²) in [7, 11) is 0. The monoisotopic (exact) mass is 483 g/mol. The van der Waals surface area contributed by atoms with Crippen LogP contribution in [0.2, 0.25) is 0 Å². The highest BCUT2D eigenvalue weighted by Gasteiger charge is 2.13. The molecule has 4 aromatic rings. The molecule has 5 nitrogen and oxygen atoms in total. The summed E-state index contributed by atoms with van der Waals surface area (Å²) in [6.07, 6.45) is -0.0185. The van der Waals surface area contributed by atoms with Crippen LogP contribution in [0.15, 0.2) is 70.4 Å². The van der Waals surface area contributed by atoms with Gasteiger partial charge in [-0.2, -0.15) is 0 Å². The van der Waals surface area contributed by atoms with Gasteiger partial charge in [-0.05, 0) is 23.6 Å². The summed E-state index contributed by atoms with van der Waals surface area (Å²) in [4.78, 5) is 28.9. The molecule has 0 radical (unpaired) electrons. The average molecular weight is 484 g/mol. The molecule has 0 saturated carbocycles. The Bertz CT molecular complexity index is 1280. The molecule has 168 valence electrons. The van der Waals surface area contributed by atoms with Crippen molar-refractivity contribution in [3.63, 3.8) is 0 Å². The molecule has 0 unspecified atom stereocenters. The summed E-state index contributed by atoms with van der Waals surface area (Å²) < 4.78 is 28.0. The lowest BCUT2D eigenvalue weighted by Crippen LogP contribution is -2.25. The van der Waals surface area contributed by atoms with E-state index in [2.05, 4.69) is 15.6 Å². The SMILES string of the molecule is O=C(Cc1csc(SCC(=O)Nc2cccc3ccccc23)n1)NCc1c(F)cccc1F. The zero-order valence-electron chi connectivity index (χ0n) is 17.3. The van der Waals surface area contributed by atoms with E-state index in [0.29, 0.717) is 10.0 Å². The maximum absolute atomic E-state index is 13.7. The Morgan fingerprint density at radius 3 is 2.48 bits per heavy atom. The van der Waals surface area contributed by atoms with Gasteiger partial charge in [0, 0.05) is 28.6 Å². The van der Waals surface area contributed by atoms with E-state index in [4.69, 9.17) is 0 Å². The number of carbonyl (C=O) groups excluding carboxylic acids is 2. The molecular formula is C24H19F2N3O2S2. The first-order valence-corrected chi connectivity index (χ1v) is 11.9. The van der Waals surface area contributed by atoms with E-state index in [-0.39, 0.29) is 30.2 Å². The minimum atomic E-state index is -0.704. The number of aromatic nitrogens is 1. The predicted molar refractivity (Wildman–Crippen MR) is 127 cm³/mol. The summed E-state index contributed by atoms with van der Waals surface area (Å²) in [6, 6.07) is 17.1. The van der Waals surface area contributed by atoms with E-state index in [0.717, 1.165) is 28.6 Å². The number of thiazole rings is 1. The van der Waals surface area contributed by atoms with Gasteiger partial charge in [0.15, 0.2) is 4.34 Å². The molecule has 0 aliphatic carbocycles. The second-order valence-electron chi connectivity index (χ2n) is 7.12. The van der Waals surface area contributed by atoms with E-state index < -0.39 is 17.5 Å². The Labute approximate surface area is 197 Å². The Morgan fingerprint density at radius 1 is 0.939 bits per heavy atom. The molecule has 9 heteroatoms. The molecule has 1 heterocycles. The molecular weight excluding hydrogens is 464 g/mol. The van der Waals surface area contributed by atoms with Crippen molar-refractivity contribution in [1.82, 2.24) is 10.3 Å². The quantitative estimate of drug-likeness (QED) is 0.340. The third-order valence-electron chi connectivity index (χ3n) is 4.79. The molecule has 0 fully saturated rings. The molecule has 0 aliphatic heterocycles. The number of hydrogen-bond acceptors (Lipinski definition) is 5. The third kappa shape index (κ3) is 5.94. The predicted octanol–water partition coefficient (Wildman–Crippen LogP) is 5.16. The normalized spacial score (nSPS) is 10.8. The number of anilines is 1. The lowest BCUT2D eigenvalue weighted by atomic mass is 10.1. The first kappa shape index (κ1) is 22.9. The van der Waals surface area contributed by atoms with Crippen LogP contribution >= 0.6 is 23.1 Å². The van der Waals surface area contributed by atoms with Crippen LogP contribution in [0.3, 0.4) is 0 Å². The van der Waals surface area contributed by atoms with Gasteiger partial charge in [-0.25, -0.2) is 13.8 Å². The number of nitrogens with zero attached hydrogens (tertiary/aromatic N) is 1. The fourth-order valence-corrected chi connectivity index (χ4v) is 4.84. The lowest BCUT2D eigenvalue weighted by Gasteiger charge is -2.08. The number of halogens is 2. The number of amides is 2. The summed E-state index contributed by atoms with van der Waals surface area (Å²) in [5, 5.41) is 9.18. The minimum absolute atomic E-state index is 0.0185. The highest BCUT2D eigenvalue weighted by Crippen LogP contribution is 2.25. The van der Waals surface area contributed by atoms with Crippen molar-refractivity contribution in [2.75, 3.05) is 11.1 Å². The standard InChI is InChI=1S/C24H19F2N3O2S2/c25-19-8-4-9-20(26)18(19)12-27-22(30)11-16-13-32-24(28-16)33-14-23(31)29-21-10-3-6-15-5-1-2-7-17(15)21/h1-10,13H,11-12,14H2,(H,27,30)(H,29,31). The van der Waals surface area contributed by atoms with E-state index in [9.17, 15) is 18.4 Å². The number of carbonyl (C=O) groups is 2. The van der Waals surface area contributed by atoms with Crippen molar-refractivity contribution in [3.8, 4) is 0 Å². The molecule has 0 saturated heterocycles. The van der Waals surface area contributed by atoms with Gasteiger partial charge in [-0.15, -0.1) is 11.3 Å². The Kier molecular flexibility index (Phi) is 7.31. The van der Waals surface area contributed by atoms with Crippen molar-refractivity contribution < 1.29 is 18.4 Å². The van der Waals surface area contributed by atoms with Gasteiger partial charge in [0.05, 0.1) is 17.9 Å². The maximum atomic E-state index is 13.7. The summed E-state index contributed by atoms with van der Waals surface area (Å²) in [6.45, 7) is -0.239. The van der Waals surface area contributed by atoms with Gasteiger partial charge < -0.3 is 10.6 Å². The Morgan fingerprint density at radius 2 is 1.67 bits per heavy atom. The van der Waals surface area contributed by atoms with Crippen molar-refractivity contribution in [1.29, 1.82) is 0 Å². The molecule has 0 aliphatic rings. The second-order valence-corrected chi connectivity index (χ2v) is 9.20. The fourth-order valence-electron chi connectivity index (χ4n) is 3.20. The lowest BCUT2D eigenvalue weighted by molar-refractivity contribution is -0.120. The number of hydrogen-bond donors (Lipinski definition) is 2. The van der Waals surface area contributed by atoms with Crippen molar-refractivity contribution in [2.24, 2.45) is 0 Å². The van der Waals surface area contributed by atoms with Gasteiger partial charge in [0.25, 0.3) is 0 Å². The molecule has 0 bridgehead atoms. The number of fused-ring (bicyclic) bond motifs is 1. The van der Waals surface area contributed by atoms with E-state index in [1.54, 1.807) is 5.38 Å². The van der Waals surface area contributed by atoms with Gasteiger partial charge in [-0.3, -0.25) is 9.59 Å². The molecule has 2 amide bonds. The molecule has 3 aromatic carbocycles. The highest BCUT2D eigenvalue weighted by molar-refractivity contribution is 8.01. The van der Waals surface area contributed by atoms with Crippen LogP contribution in [0.5, 0.6) is 0 Å². The Hall–Kier alpha value is -3.30. The second kappa shape index (κ2) is 10.5. The molecule has 0 atom stereocenters. The first-order valence-electron chi connectivity index (χ1n) is 10.0. The van der Waals surface area contributed by atoms with Crippen LogP contribution in [0, 0.1) is 11.6 Å². The van der Waals surface area contributed by atoms with Gasteiger partial charge in [0.2, 0.25) is 11.8 Å². The Balaban J connectivity index is 1.27. The van der Waals surface area contributed by atoms with Crippen LogP contribution in [0.4, 0.5) is 14.5 Å². The molecule has 4 rings (SSSR count). The number of thioether (sulfide) groups is 1. The van der Waals surface area contributed by atoms with Gasteiger partial charge in [-0.1, -0.05) is 54.2 Å². The van der Waals surface area contributed by atoms with Crippen LogP contribution < -0.4 is 10.6 Å². The van der Waals surface area contributed by atoms with Crippen LogP contribution in [0.25, 0.3) is 10.8 Å². The third-order valence-corrected chi connectivity index (χ3v) is 6.86. The van der Waals surface area contributed by atoms with Crippen LogP contribution in [0.1, 0.15) is 11.3 Å². The number of nitrogens with one attached hydrogen (secondary N) is 2. The molecule has 0 spiro atoms. The van der Waals surface area contributed by atoms with Crippen molar-refractivity contribution in [2.45, 2.75) is 17.3 Å². The average Bonchev–Trinajstić information content (AvgIpc) is 3.25. The summed E-state index contributed by atoms with van der Waals surface area (Å²) in [5.41, 5.74) is 1.10. The largest absolute Gasteiger partial charge is 0.351 e. The molecule has 33 heavy (non-hydrogen) atoms. The van der Waals surface area contributed by atoms with Gasteiger partial charge in [0.1, 0.15) is 11.6 Å². The molecule has 1 aromatic heterocycles. The number of rotatable bonds is 8. The minimum Gasteiger partial charge on any atom is -0.351 e. The van der Waals surface area contributed by atoms with E-state index in [1.165, 1.54) is 29.2 Å². The smallest absolute Gasteiger partial charge is 0.234 e. The van der Waals surface area contributed by atoms with E-state index >= 15 is 0 Å². The van der Waals surface area contributed by atoms with Crippen LogP contribution in [-0.4, -0.2) is 22.6 Å². The summed E-state index contributed by atoms with van der Waals surface area (Å²) in [5.74, 6) is -1.78. The molecule has 2 N–H and O–H groups in total. The highest BCUT2D eigenvalue weighted by atomic mass is 32.2. The van der Waals surface area contributed by atoms with Crippen LogP contribution in [-0.2, 0) is 22.6 Å². The first-order chi connectivity index (χ1) is 16.0. The number of benzene rings is 3.